The molecule has 0 spiro atoms. The Kier molecular flexibility index (Phi) is 3.56. The molecule has 2 rings (SSSR count). The summed E-state index contributed by atoms with van der Waals surface area (Å²) in [5.41, 5.74) is 0.658. The molecule has 0 saturated carbocycles. The van der Waals surface area contributed by atoms with Gasteiger partial charge in [0.25, 0.3) is 5.91 Å². The lowest BCUT2D eigenvalue weighted by Crippen LogP contribution is -2.28. The Labute approximate surface area is 115 Å². The number of amides is 1. The number of aromatic amines is 1. The van der Waals surface area contributed by atoms with Gasteiger partial charge < -0.3 is 10.4 Å². The Morgan fingerprint density at radius 3 is 2.35 bits per heavy atom. The number of carbonyl (C=O) groups excluding carboxylic acids is 1. The maximum absolute atomic E-state index is 11.8. The zero-order valence-corrected chi connectivity index (χ0v) is 11.2. The number of benzene rings is 1. The summed E-state index contributed by atoms with van der Waals surface area (Å²) < 4.78 is 0. The van der Waals surface area contributed by atoms with Crippen LogP contribution in [0.1, 0.15) is 29.9 Å². The van der Waals surface area contributed by atoms with E-state index in [4.69, 9.17) is 5.11 Å². The molecule has 1 aromatic carbocycles. The van der Waals surface area contributed by atoms with Crippen molar-refractivity contribution in [2.45, 2.75) is 19.3 Å². The lowest BCUT2D eigenvalue weighted by Gasteiger charge is -2.19. The molecule has 0 bridgehead atoms. The first kappa shape index (κ1) is 13.8. The molecule has 1 aromatic heterocycles. The van der Waals surface area contributed by atoms with E-state index in [0.29, 0.717) is 16.9 Å². The number of hydrogen-bond acceptors (Lipinski definition) is 3. The summed E-state index contributed by atoms with van der Waals surface area (Å²) >= 11 is 0. The molecular formula is C14H15N3O3. The topological polar surface area (TPSA) is 95.1 Å². The number of aliphatic carboxylic acids is 1. The Morgan fingerprint density at radius 1 is 1.20 bits per heavy atom. The Morgan fingerprint density at radius 2 is 1.85 bits per heavy atom. The van der Waals surface area contributed by atoms with Crippen molar-refractivity contribution in [3.8, 4) is 0 Å². The summed E-state index contributed by atoms with van der Waals surface area (Å²) in [6.07, 6.45) is 1.49. The molecule has 20 heavy (non-hydrogen) atoms. The summed E-state index contributed by atoms with van der Waals surface area (Å²) in [6, 6.07) is 8.30. The average Bonchev–Trinajstić information content (AvgIpc) is 2.93. The highest BCUT2D eigenvalue weighted by Gasteiger charge is 2.29. The molecule has 3 N–H and O–H groups in total. The molecule has 0 atom stereocenters. The fourth-order valence-electron chi connectivity index (χ4n) is 1.67. The van der Waals surface area contributed by atoms with Gasteiger partial charge in [-0.2, -0.15) is 5.10 Å². The van der Waals surface area contributed by atoms with Crippen molar-refractivity contribution in [2.24, 2.45) is 0 Å². The zero-order valence-electron chi connectivity index (χ0n) is 11.2. The molecule has 0 saturated heterocycles. The molecule has 0 aliphatic rings. The fraction of sp³-hybridized carbons (Fsp3) is 0.214. The van der Waals surface area contributed by atoms with E-state index in [9.17, 15) is 9.59 Å². The van der Waals surface area contributed by atoms with Gasteiger partial charge in [0.15, 0.2) is 0 Å². The maximum atomic E-state index is 11.8. The van der Waals surface area contributed by atoms with E-state index >= 15 is 0 Å². The molecule has 2 aromatic rings. The maximum Gasteiger partial charge on any atom is 0.313 e. The minimum Gasteiger partial charge on any atom is -0.481 e. The van der Waals surface area contributed by atoms with Crippen LogP contribution in [0.4, 0.5) is 5.69 Å². The molecule has 0 fully saturated rings. The summed E-state index contributed by atoms with van der Waals surface area (Å²) in [7, 11) is 0. The largest absolute Gasteiger partial charge is 0.481 e. The molecular weight excluding hydrogens is 258 g/mol. The van der Waals surface area contributed by atoms with Crippen molar-refractivity contribution < 1.29 is 14.7 Å². The van der Waals surface area contributed by atoms with Gasteiger partial charge in [-0.15, -0.1) is 0 Å². The number of nitrogens with zero attached hydrogens (tertiary/aromatic N) is 1. The number of carbonyl (C=O) groups is 2. The minimum atomic E-state index is -0.966. The number of nitrogens with one attached hydrogen (secondary N) is 2. The predicted octanol–water partition coefficient (Wildman–Crippen LogP) is 2.02. The standard InChI is InChI=1S/C14H15N3O3/c1-14(2,13(19)20)9-3-5-10(6-4-9)16-12(18)11-7-8-15-17-11/h3-8H,1-2H3,(H,15,17)(H,16,18)(H,19,20). The third-order valence-electron chi connectivity index (χ3n) is 3.14. The van der Waals surface area contributed by atoms with E-state index < -0.39 is 11.4 Å². The van der Waals surface area contributed by atoms with E-state index in [0.717, 1.165) is 0 Å². The van der Waals surface area contributed by atoms with Crippen molar-refractivity contribution in [3.63, 3.8) is 0 Å². The van der Waals surface area contributed by atoms with Gasteiger partial charge in [0.1, 0.15) is 5.69 Å². The first-order chi connectivity index (χ1) is 9.41. The van der Waals surface area contributed by atoms with Crippen molar-refractivity contribution in [1.29, 1.82) is 0 Å². The lowest BCUT2D eigenvalue weighted by atomic mass is 9.85. The Bertz CT molecular complexity index is 616. The third-order valence-corrected chi connectivity index (χ3v) is 3.14. The van der Waals surface area contributed by atoms with Crippen LogP contribution >= 0.6 is 0 Å². The molecule has 0 aliphatic heterocycles. The molecule has 6 heteroatoms. The number of H-pyrrole nitrogens is 1. The van der Waals surface area contributed by atoms with Crippen LogP contribution in [0, 0.1) is 0 Å². The van der Waals surface area contributed by atoms with Crippen LogP contribution in [-0.4, -0.2) is 27.2 Å². The van der Waals surface area contributed by atoms with Crippen LogP contribution in [0.25, 0.3) is 0 Å². The molecule has 0 aliphatic carbocycles. The van der Waals surface area contributed by atoms with Crippen LogP contribution in [0.5, 0.6) is 0 Å². The number of hydrogen-bond donors (Lipinski definition) is 3. The van der Waals surface area contributed by atoms with Gasteiger partial charge in [0, 0.05) is 11.9 Å². The molecule has 0 radical (unpaired) electrons. The van der Waals surface area contributed by atoms with E-state index in [1.54, 1.807) is 44.2 Å². The average molecular weight is 273 g/mol. The van der Waals surface area contributed by atoms with Crippen LogP contribution in [-0.2, 0) is 10.2 Å². The number of carboxylic acid groups (broad SMARTS) is 1. The first-order valence-corrected chi connectivity index (χ1v) is 6.06. The van der Waals surface area contributed by atoms with E-state index in [2.05, 4.69) is 15.5 Å². The second kappa shape index (κ2) is 5.16. The lowest BCUT2D eigenvalue weighted by molar-refractivity contribution is -0.142. The third kappa shape index (κ3) is 2.69. The normalized spacial score (nSPS) is 11.1. The molecule has 1 heterocycles. The number of rotatable bonds is 4. The first-order valence-electron chi connectivity index (χ1n) is 6.06. The number of aromatic nitrogens is 2. The highest BCUT2D eigenvalue weighted by atomic mass is 16.4. The summed E-state index contributed by atoms with van der Waals surface area (Å²) in [5.74, 6) is -1.19. The van der Waals surface area contributed by atoms with Crippen LogP contribution in [0.2, 0.25) is 0 Å². The number of carboxylic acids is 1. The smallest absolute Gasteiger partial charge is 0.313 e. The van der Waals surface area contributed by atoms with Crippen LogP contribution in [0.15, 0.2) is 36.5 Å². The quantitative estimate of drug-likeness (QED) is 0.794. The molecule has 0 unspecified atom stereocenters. The van der Waals surface area contributed by atoms with Crippen molar-refractivity contribution in [2.75, 3.05) is 5.32 Å². The van der Waals surface area contributed by atoms with Crippen LogP contribution in [0.3, 0.4) is 0 Å². The highest BCUT2D eigenvalue weighted by Crippen LogP contribution is 2.24. The van der Waals surface area contributed by atoms with Crippen molar-refractivity contribution in [3.05, 3.63) is 47.8 Å². The highest BCUT2D eigenvalue weighted by molar-refractivity contribution is 6.02. The minimum absolute atomic E-state index is 0.298. The predicted molar refractivity (Wildman–Crippen MR) is 73.6 cm³/mol. The SMILES string of the molecule is CC(C)(C(=O)O)c1ccc(NC(=O)c2ccn[nH]2)cc1. The summed E-state index contributed by atoms with van der Waals surface area (Å²) in [4.78, 5) is 22.9. The van der Waals surface area contributed by atoms with Gasteiger partial charge in [-0.1, -0.05) is 12.1 Å². The summed E-state index contributed by atoms with van der Waals surface area (Å²) in [5, 5.41) is 18.1. The molecule has 6 nitrogen and oxygen atoms in total. The molecule has 1 amide bonds. The van der Waals surface area contributed by atoms with E-state index in [1.165, 1.54) is 6.20 Å². The second-order valence-electron chi connectivity index (χ2n) is 4.93. The van der Waals surface area contributed by atoms with Crippen molar-refractivity contribution in [1.82, 2.24) is 10.2 Å². The van der Waals surface area contributed by atoms with E-state index in [1.807, 2.05) is 0 Å². The van der Waals surface area contributed by atoms with Gasteiger partial charge in [-0.25, -0.2) is 0 Å². The molecule has 104 valence electrons. The van der Waals surface area contributed by atoms with Crippen molar-refractivity contribution >= 4 is 17.6 Å². The summed E-state index contributed by atoms with van der Waals surface area (Å²) in [6.45, 7) is 3.26. The van der Waals surface area contributed by atoms with Gasteiger partial charge in [0.2, 0.25) is 0 Å². The van der Waals surface area contributed by atoms with Gasteiger partial charge in [-0.3, -0.25) is 14.7 Å². The fourth-order valence-corrected chi connectivity index (χ4v) is 1.67. The van der Waals surface area contributed by atoms with Gasteiger partial charge in [-0.05, 0) is 37.6 Å². The Hall–Kier alpha value is -2.63. The zero-order chi connectivity index (χ0) is 14.8. The Balaban J connectivity index is 2.13. The van der Waals surface area contributed by atoms with Crippen LogP contribution < -0.4 is 5.32 Å². The van der Waals surface area contributed by atoms with Gasteiger partial charge in [0.05, 0.1) is 5.41 Å². The monoisotopic (exact) mass is 273 g/mol. The number of anilines is 1. The van der Waals surface area contributed by atoms with Gasteiger partial charge >= 0.3 is 5.97 Å². The second-order valence-corrected chi connectivity index (χ2v) is 4.93. The van der Waals surface area contributed by atoms with E-state index in [-0.39, 0.29) is 5.91 Å².